The van der Waals surface area contributed by atoms with Crippen LogP contribution in [0.5, 0.6) is 0 Å². The lowest BCUT2D eigenvalue weighted by Gasteiger charge is -2.28. The summed E-state index contributed by atoms with van der Waals surface area (Å²) in [5.41, 5.74) is 0.363. The third-order valence-corrected chi connectivity index (χ3v) is 3.14. The van der Waals surface area contributed by atoms with Crippen molar-refractivity contribution in [2.24, 2.45) is 0 Å². The highest BCUT2D eigenvalue weighted by Crippen LogP contribution is 2.06. The van der Waals surface area contributed by atoms with Gasteiger partial charge in [0.05, 0.1) is 25.4 Å². The maximum absolute atomic E-state index is 9.13. The first-order valence-corrected chi connectivity index (χ1v) is 6.38. The van der Waals surface area contributed by atoms with Crippen molar-refractivity contribution >= 4 is 0 Å². The number of nitrogens with one attached hydrogen (secondary N) is 1. The van der Waals surface area contributed by atoms with Crippen molar-refractivity contribution in [1.82, 2.24) is 5.32 Å². The SMILES string of the molecule is OCC(CO)(CO)NCCCCc1ccccc1. The van der Waals surface area contributed by atoms with Gasteiger partial charge in [-0.05, 0) is 31.4 Å². The van der Waals surface area contributed by atoms with Crippen molar-refractivity contribution in [1.29, 1.82) is 0 Å². The molecule has 0 bridgehead atoms. The molecule has 4 N–H and O–H groups in total. The monoisotopic (exact) mass is 253 g/mol. The zero-order chi connectivity index (χ0) is 13.3. The molecule has 1 rings (SSSR count). The van der Waals surface area contributed by atoms with E-state index in [1.54, 1.807) is 0 Å². The molecule has 0 amide bonds. The van der Waals surface area contributed by atoms with E-state index in [1.165, 1.54) is 5.56 Å². The summed E-state index contributed by atoms with van der Waals surface area (Å²) >= 11 is 0. The van der Waals surface area contributed by atoms with Gasteiger partial charge in [0, 0.05) is 0 Å². The van der Waals surface area contributed by atoms with Gasteiger partial charge in [-0.2, -0.15) is 0 Å². The molecule has 0 aliphatic rings. The second kappa shape index (κ2) is 8.21. The van der Waals surface area contributed by atoms with Crippen LogP contribution in [0, 0.1) is 0 Å². The van der Waals surface area contributed by atoms with E-state index in [0.717, 1.165) is 19.3 Å². The summed E-state index contributed by atoms with van der Waals surface area (Å²) in [4.78, 5) is 0. The number of hydrogen-bond acceptors (Lipinski definition) is 4. The second-order valence-corrected chi connectivity index (χ2v) is 4.62. The fourth-order valence-electron chi connectivity index (χ4n) is 1.77. The number of hydrogen-bond donors (Lipinski definition) is 4. The Bertz CT molecular complexity index is 304. The highest BCUT2D eigenvalue weighted by Gasteiger charge is 2.26. The molecule has 0 unspecified atom stereocenters. The molecular formula is C14H23NO3. The average molecular weight is 253 g/mol. The molecule has 0 radical (unpaired) electrons. The van der Waals surface area contributed by atoms with E-state index < -0.39 is 5.54 Å². The molecule has 0 heterocycles. The second-order valence-electron chi connectivity index (χ2n) is 4.62. The van der Waals surface area contributed by atoms with Gasteiger partial charge in [0.1, 0.15) is 0 Å². The van der Waals surface area contributed by atoms with Crippen LogP contribution in [0.1, 0.15) is 18.4 Å². The van der Waals surface area contributed by atoms with Gasteiger partial charge in [-0.1, -0.05) is 30.3 Å². The molecule has 0 saturated carbocycles. The topological polar surface area (TPSA) is 72.7 Å². The summed E-state index contributed by atoms with van der Waals surface area (Å²) < 4.78 is 0. The van der Waals surface area contributed by atoms with E-state index in [9.17, 15) is 0 Å². The molecule has 0 fully saturated rings. The molecule has 1 aromatic rings. The molecule has 1 aromatic carbocycles. The average Bonchev–Trinajstić information content (AvgIpc) is 2.45. The molecule has 0 aliphatic carbocycles. The smallest absolute Gasteiger partial charge is 0.0881 e. The van der Waals surface area contributed by atoms with Gasteiger partial charge >= 0.3 is 0 Å². The van der Waals surface area contributed by atoms with Crippen molar-refractivity contribution in [3.05, 3.63) is 35.9 Å². The highest BCUT2D eigenvalue weighted by molar-refractivity contribution is 5.14. The number of benzene rings is 1. The lowest BCUT2D eigenvalue weighted by molar-refractivity contribution is 0.0426. The predicted molar refractivity (Wildman–Crippen MR) is 71.4 cm³/mol. The third kappa shape index (κ3) is 4.74. The van der Waals surface area contributed by atoms with Crippen molar-refractivity contribution in [2.75, 3.05) is 26.4 Å². The fraction of sp³-hybridized carbons (Fsp3) is 0.571. The summed E-state index contributed by atoms with van der Waals surface area (Å²) in [6.45, 7) is -0.120. The number of rotatable bonds is 9. The van der Waals surface area contributed by atoms with E-state index in [0.29, 0.717) is 6.54 Å². The molecule has 18 heavy (non-hydrogen) atoms. The molecule has 4 nitrogen and oxygen atoms in total. The van der Waals surface area contributed by atoms with E-state index in [2.05, 4.69) is 17.4 Å². The summed E-state index contributed by atoms with van der Waals surface area (Å²) in [6, 6.07) is 10.3. The minimum atomic E-state index is -0.952. The molecule has 0 atom stereocenters. The summed E-state index contributed by atoms with van der Waals surface area (Å²) in [5.74, 6) is 0. The lowest BCUT2D eigenvalue weighted by Crippen LogP contribution is -2.55. The van der Waals surface area contributed by atoms with Crippen molar-refractivity contribution in [2.45, 2.75) is 24.8 Å². The van der Waals surface area contributed by atoms with Gasteiger partial charge in [0.25, 0.3) is 0 Å². The Kier molecular flexibility index (Phi) is 6.90. The first-order chi connectivity index (χ1) is 8.76. The van der Waals surface area contributed by atoms with Gasteiger partial charge in [-0.25, -0.2) is 0 Å². The zero-order valence-electron chi connectivity index (χ0n) is 10.7. The van der Waals surface area contributed by atoms with Crippen LogP contribution in [0.4, 0.5) is 0 Å². The summed E-state index contributed by atoms with van der Waals surface area (Å²) in [5, 5.41) is 30.4. The van der Waals surface area contributed by atoms with Crippen molar-refractivity contribution in [3.63, 3.8) is 0 Å². The zero-order valence-corrected chi connectivity index (χ0v) is 10.7. The van der Waals surface area contributed by atoms with E-state index in [-0.39, 0.29) is 19.8 Å². The molecule has 0 aliphatic heterocycles. The normalized spacial score (nSPS) is 11.7. The summed E-state index contributed by atoms with van der Waals surface area (Å²) in [6.07, 6.45) is 3.00. The largest absolute Gasteiger partial charge is 0.394 e. The van der Waals surface area contributed by atoms with E-state index in [4.69, 9.17) is 15.3 Å². The van der Waals surface area contributed by atoms with E-state index in [1.807, 2.05) is 18.2 Å². The van der Waals surface area contributed by atoms with Crippen LogP contribution in [0.3, 0.4) is 0 Å². The first-order valence-electron chi connectivity index (χ1n) is 6.38. The summed E-state index contributed by atoms with van der Waals surface area (Å²) in [7, 11) is 0. The van der Waals surface area contributed by atoms with Gasteiger partial charge < -0.3 is 20.6 Å². The molecule has 0 aromatic heterocycles. The first kappa shape index (κ1) is 15.1. The van der Waals surface area contributed by atoms with Crippen LogP contribution >= 0.6 is 0 Å². The Morgan fingerprint density at radius 2 is 1.50 bits per heavy atom. The Morgan fingerprint density at radius 1 is 0.889 bits per heavy atom. The number of aliphatic hydroxyl groups is 3. The Balaban J connectivity index is 2.18. The van der Waals surface area contributed by atoms with Crippen molar-refractivity contribution < 1.29 is 15.3 Å². The van der Waals surface area contributed by atoms with Crippen LogP contribution in [-0.2, 0) is 6.42 Å². The quantitative estimate of drug-likeness (QED) is 0.478. The standard InChI is InChI=1S/C14H23NO3/c16-10-14(11-17,12-18)15-9-5-4-8-13-6-2-1-3-7-13/h1-3,6-7,15-18H,4-5,8-12H2. The Labute approximate surface area is 108 Å². The molecule has 0 saturated heterocycles. The molecular weight excluding hydrogens is 230 g/mol. The van der Waals surface area contributed by atoms with Gasteiger partial charge in [-0.15, -0.1) is 0 Å². The van der Waals surface area contributed by atoms with Gasteiger partial charge in [0.15, 0.2) is 0 Å². The Hall–Kier alpha value is -0.940. The predicted octanol–water partition coefficient (Wildman–Crippen LogP) is 0.315. The highest BCUT2D eigenvalue weighted by atomic mass is 16.3. The maximum Gasteiger partial charge on any atom is 0.0881 e. The minimum absolute atomic E-state index is 0.265. The van der Waals surface area contributed by atoms with Gasteiger partial charge in [-0.3, -0.25) is 0 Å². The lowest BCUT2D eigenvalue weighted by atomic mass is 10.0. The number of unbranched alkanes of at least 4 members (excludes halogenated alkanes) is 1. The molecule has 102 valence electrons. The van der Waals surface area contributed by atoms with E-state index >= 15 is 0 Å². The third-order valence-electron chi connectivity index (χ3n) is 3.14. The number of aliphatic hydroxyl groups excluding tert-OH is 3. The molecule has 4 heteroatoms. The van der Waals surface area contributed by atoms with Crippen LogP contribution in [0.2, 0.25) is 0 Å². The van der Waals surface area contributed by atoms with Gasteiger partial charge in [0.2, 0.25) is 0 Å². The van der Waals surface area contributed by atoms with Crippen LogP contribution in [0.15, 0.2) is 30.3 Å². The maximum atomic E-state index is 9.13. The van der Waals surface area contributed by atoms with Crippen LogP contribution in [0.25, 0.3) is 0 Å². The van der Waals surface area contributed by atoms with Crippen LogP contribution < -0.4 is 5.32 Å². The number of aryl methyl sites for hydroxylation is 1. The fourth-order valence-corrected chi connectivity index (χ4v) is 1.77. The Morgan fingerprint density at radius 3 is 2.06 bits per heavy atom. The van der Waals surface area contributed by atoms with Crippen molar-refractivity contribution in [3.8, 4) is 0 Å². The molecule has 0 spiro atoms. The minimum Gasteiger partial charge on any atom is -0.394 e. The van der Waals surface area contributed by atoms with Crippen LogP contribution in [-0.4, -0.2) is 47.2 Å².